The number of aromatic nitrogens is 1. The maximum Gasteiger partial charge on any atom is 0.217 e. The minimum Gasteiger partial charge on any atom is -0.618 e. The molecular formula is C20H22N2O3. The van der Waals surface area contributed by atoms with Crippen LogP contribution in [-0.2, 0) is 10.2 Å². The van der Waals surface area contributed by atoms with Gasteiger partial charge in [0.15, 0.2) is 17.4 Å². The highest BCUT2D eigenvalue weighted by molar-refractivity contribution is 5.86. The Hall–Kier alpha value is -2.71. The van der Waals surface area contributed by atoms with Crippen LogP contribution in [0.1, 0.15) is 43.5 Å². The third-order valence-electron chi connectivity index (χ3n) is 4.41. The van der Waals surface area contributed by atoms with E-state index in [2.05, 4.69) is 6.07 Å². The molecule has 2 aromatic rings. The van der Waals surface area contributed by atoms with Gasteiger partial charge in [0.05, 0.1) is 6.07 Å². The number of carbonyl (C=O) groups is 1. The van der Waals surface area contributed by atoms with E-state index in [9.17, 15) is 20.4 Å². The number of aryl methyl sites for hydroxylation is 1. The van der Waals surface area contributed by atoms with Gasteiger partial charge in [0.2, 0.25) is 5.69 Å². The Balaban J connectivity index is 2.54. The largest absolute Gasteiger partial charge is 0.618 e. The Labute approximate surface area is 147 Å². The second-order valence-electron chi connectivity index (χ2n) is 6.78. The lowest BCUT2D eigenvalue weighted by molar-refractivity contribution is -0.616. The van der Waals surface area contributed by atoms with E-state index in [-0.39, 0.29) is 24.3 Å². The summed E-state index contributed by atoms with van der Waals surface area (Å²) in [6, 6.07) is 14.5. The first-order valence-corrected chi connectivity index (χ1v) is 8.13. The molecule has 0 aliphatic carbocycles. The van der Waals surface area contributed by atoms with E-state index in [0.717, 1.165) is 5.56 Å². The fraction of sp³-hybridized carbons (Fsp3) is 0.350. The molecule has 0 saturated heterocycles. The fourth-order valence-corrected chi connectivity index (χ4v) is 2.80. The number of nitrogens with zero attached hydrogens (tertiary/aromatic N) is 2. The van der Waals surface area contributed by atoms with Crippen LogP contribution in [0, 0.1) is 23.5 Å². The zero-order chi connectivity index (χ0) is 18.7. The van der Waals surface area contributed by atoms with E-state index >= 15 is 0 Å². The van der Waals surface area contributed by atoms with Crippen molar-refractivity contribution in [2.75, 3.05) is 0 Å². The van der Waals surface area contributed by atoms with Crippen molar-refractivity contribution < 1.29 is 14.6 Å². The van der Waals surface area contributed by atoms with E-state index < -0.39 is 11.0 Å². The van der Waals surface area contributed by atoms with E-state index in [1.54, 1.807) is 30.3 Å². The van der Waals surface area contributed by atoms with Crippen molar-refractivity contribution in [3.63, 3.8) is 0 Å². The molecule has 1 N–H and O–H groups in total. The second kappa shape index (κ2) is 7.04. The minimum absolute atomic E-state index is 0.0141. The van der Waals surface area contributed by atoms with Crippen LogP contribution in [0.2, 0.25) is 0 Å². The molecule has 0 radical (unpaired) electrons. The molecule has 1 aromatic carbocycles. The number of benzene rings is 1. The summed E-state index contributed by atoms with van der Waals surface area (Å²) >= 11 is 0. The number of nitriles is 1. The summed E-state index contributed by atoms with van der Waals surface area (Å²) in [5.74, 6) is -0.368. The molecule has 0 spiro atoms. The number of pyridine rings is 1. The predicted octanol–water partition coefficient (Wildman–Crippen LogP) is 2.56. The van der Waals surface area contributed by atoms with Crippen molar-refractivity contribution in [2.24, 2.45) is 0 Å². The van der Waals surface area contributed by atoms with Crippen LogP contribution in [0.4, 0.5) is 0 Å². The molecule has 2 rings (SSSR count). The standard InChI is InChI=1S/C20H22N2O3/c1-15-7-9-16(10-8-15)20(14-21,12-11-18(23)19(2,3)24)17-6-4-5-13-22(17)25/h4-10,13,24H,11-12H2,1-3H3/t20-/m1/s1. The molecule has 0 bridgehead atoms. The van der Waals surface area contributed by atoms with Crippen molar-refractivity contribution in [1.82, 2.24) is 0 Å². The van der Waals surface area contributed by atoms with Gasteiger partial charge in [0.25, 0.3) is 0 Å². The van der Waals surface area contributed by atoms with Gasteiger partial charge in [0, 0.05) is 18.6 Å². The van der Waals surface area contributed by atoms with Gasteiger partial charge < -0.3 is 10.3 Å². The molecule has 1 atom stereocenters. The van der Waals surface area contributed by atoms with Gasteiger partial charge in [-0.15, -0.1) is 0 Å². The third-order valence-corrected chi connectivity index (χ3v) is 4.41. The zero-order valence-corrected chi connectivity index (χ0v) is 14.7. The SMILES string of the molecule is Cc1ccc([C@](C#N)(CCC(=O)C(C)(C)O)c2cccc[n+]2[O-])cc1. The molecule has 0 aliphatic rings. The number of hydrogen-bond donors (Lipinski definition) is 1. The van der Waals surface area contributed by atoms with Crippen LogP contribution in [0.5, 0.6) is 0 Å². The molecule has 130 valence electrons. The average molecular weight is 338 g/mol. The van der Waals surface area contributed by atoms with Crippen LogP contribution in [0.15, 0.2) is 48.7 Å². The predicted molar refractivity (Wildman–Crippen MR) is 93.5 cm³/mol. The van der Waals surface area contributed by atoms with Gasteiger partial charge in [0.1, 0.15) is 5.60 Å². The monoisotopic (exact) mass is 338 g/mol. The number of hydrogen-bond acceptors (Lipinski definition) is 4. The number of rotatable bonds is 6. The molecule has 1 heterocycles. The third kappa shape index (κ3) is 3.86. The molecule has 0 amide bonds. The first-order chi connectivity index (χ1) is 11.7. The van der Waals surface area contributed by atoms with Gasteiger partial charge in [-0.05, 0) is 38.8 Å². The maximum atomic E-state index is 12.3. The number of aliphatic hydroxyl groups is 1. The van der Waals surface area contributed by atoms with Crippen LogP contribution in [-0.4, -0.2) is 16.5 Å². The molecule has 1 aromatic heterocycles. The Morgan fingerprint density at radius 1 is 1.24 bits per heavy atom. The van der Waals surface area contributed by atoms with Gasteiger partial charge in [-0.3, -0.25) is 4.79 Å². The Bertz CT molecular complexity index is 801. The van der Waals surface area contributed by atoms with Gasteiger partial charge >= 0.3 is 0 Å². The second-order valence-corrected chi connectivity index (χ2v) is 6.78. The Morgan fingerprint density at radius 2 is 1.88 bits per heavy atom. The number of carbonyl (C=O) groups excluding carboxylic acids is 1. The first-order valence-electron chi connectivity index (χ1n) is 8.13. The van der Waals surface area contributed by atoms with Crippen molar-refractivity contribution in [3.8, 4) is 6.07 Å². The summed E-state index contributed by atoms with van der Waals surface area (Å²) in [6.07, 6.45) is 1.44. The van der Waals surface area contributed by atoms with Crippen molar-refractivity contribution in [3.05, 3.63) is 70.7 Å². The zero-order valence-electron chi connectivity index (χ0n) is 14.7. The highest BCUT2D eigenvalue weighted by Crippen LogP contribution is 2.35. The highest BCUT2D eigenvalue weighted by atomic mass is 16.5. The molecule has 5 nitrogen and oxygen atoms in total. The lowest BCUT2D eigenvalue weighted by Gasteiger charge is -2.26. The number of ketones is 1. The topological polar surface area (TPSA) is 88.0 Å². The molecule has 0 fully saturated rings. The Morgan fingerprint density at radius 3 is 2.40 bits per heavy atom. The van der Waals surface area contributed by atoms with Crippen LogP contribution >= 0.6 is 0 Å². The Kier molecular flexibility index (Phi) is 5.24. The summed E-state index contributed by atoms with van der Waals surface area (Å²) in [6.45, 7) is 4.78. The summed E-state index contributed by atoms with van der Waals surface area (Å²) in [7, 11) is 0. The van der Waals surface area contributed by atoms with Gasteiger partial charge in [-0.2, -0.15) is 9.99 Å². The molecule has 5 heteroatoms. The molecule has 0 aliphatic heterocycles. The maximum absolute atomic E-state index is 12.3. The van der Waals surface area contributed by atoms with Crippen molar-refractivity contribution in [1.29, 1.82) is 5.26 Å². The fourth-order valence-electron chi connectivity index (χ4n) is 2.80. The quantitative estimate of drug-likeness (QED) is 0.647. The molecular weight excluding hydrogens is 316 g/mol. The van der Waals surface area contributed by atoms with Crippen molar-refractivity contribution in [2.45, 2.75) is 44.6 Å². The molecule has 0 saturated carbocycles. The lowest BCUT2D eigenvalue weighted by Crippen LogP contribution is -2.43. The van der Waals surface area contributed by atoms with Gasteiger partial charge in [-0.25, -0.2) is 0 Å². The summed E-state index contributed by atoms with van der Waals surface area (Å²) in [5.41, 5.74) is -0.785. The van der Waals surface area contributed by atoms with E-state index in [4.69, 9.17) is 0 Å². The first kappa shape index (κ1) is 18.6. The number of Topliss-reactive ketones (excluding diaryl/α,β-unsaturated/α-hetero) is 1. The average Bonchev–Trinajstić information content (AvgIpc) is 2.57. The van der Waals surface area contributed by atoms with E-state index in [1.807, 2.05) is 19.1 Å². The smallest absolute Gasteiger partial charge is 0.217 e. The lowest BCUT2D eigenvalue weighted by atomic mass is 9.73. The van der Waals surface area contributed by atoms with Crippen LogP contribution in [0.3, 0.4) is 0 Å². The molecule has 25 heavy (non-hydrogen) atoms. The summed E-state index contributed by atoms with van der Waals surface area (Å²) < 4.78 is 0.664. The van der Waals surface area contributed by atoms with Crippen LogP contribution in [0.25, 0.3) is 0 Å². The van der Waals surface area contributed by atoms with Crippen LogP contribution < -0.4 is 4.73 Å². The summed E-state index contributed by atoms with van der Waals surface area (Å²) in [4.78, 5) is 12.2. The van der Waals surface area contributed by atoms with E-state index in [1.165, 1.54) is 20.0 Å². The normalized spacial score (nSPS) is 13.7. The van der Waals surface area contributed by atoms with Crippen molar-refractivity contribution >= 4 is 5.78 Å². The van der Waals surface area contributed by atoms with Gasteiger partial charge in [-0.1, -0.05) is 29.8 Å². The highest BCUT2D eigenvalue weighted by Gasteiger charge is 2.42. The molecule has 0 unspecified atom stereocenters. The van der Waals surface area contributed by atoms with E-state index in [0.29, 0.717) is 10.3 Å². The summed E-state index contributed by atoms with van der Waals surface area (Å²) in [5, 5.41) is 32.2. The minimum atomic E-state index is -1.47.